The molecule has 1 atom stereocenters. The smallest absolute Gasteiger partial charge is 0.226 e. The Morgan fingerprint density at radius 2 is 0.956 bits per heavy atom. The number of nitrogens with zero attached hydrogens (tertiary/aromatic N) is 4. The van der Waals surface area contributed by atoms with Crippen molar-refractivity contribution in [2.75, 3.05) is 14.7 Å². The Morgan fingerprint density at radius 1 is 0.462 bits per heavy atom. The van der Waals surface area contributed by atoms with Gasteiger partial charge in [0.1, 0.15) is 0 Å². The third-order valence-electron chi connectivity index (χ3n) is 20.7. The van der Waals surface area contributed by atoms with Crippen molar-refractivity contribution in [2.45, 2.75) is 162 Å². The largest absolute Gasteiger partial charge is 0.313 e. The molecule has 2 aliphatic heterocycles. The molecule has 15 rings (SSSR count). The SMILES string of the molecule is CC(C)(C)c1ccc(N(C2=CCC3B4c5c(cc(N(c6ccc(C(C)(C)C)cc6)c6ccc(C(C)(C)C)cc6)cc5-n5c6c(c7cccc4c75)C(C)(C)c4ccccc4-6)N(c4cccc5c4sc4cc(C(C)(C)C)ccc45)C3=C2)c2ccc(C(C)(C)C)cc2)cc1. The van der Waals surface area contributed by atoms with Gasteiger partial charge in [-0.2, -0.15) is 0 Å². The summed E-state index contributed by atoms with van der Waals surface area (Å²) < 4.78 is 5.36. The van der Waals surface area contributed by atoms with Crippen LogP contribution < -0.4 is 25.6 Å². The van der Waals surface area contributed by atoms with Gasteiger partial charge in [-0.1, -0.05) is 239 Å². The standard InChI is InChI=1S/C85H87BN4S/c1-80(2,3)52-28-37-57(38-29-52)87(58-39-30-53(31-40-58)81(4,5)6)61-45-47-68-71(49-61)89(70-27-21-23-64-63-46-36-56(84(13,14)15)48-74(63)91-79(64)70)72-50-62(88(59-41-32-54(33-42-59)82(7,8)9)60-43-34-55(35-44-60)83(10,11)12)51-73-76(72)86(68)69-26-20-24-66-75-78(90(73)77(66)69)65-22-18-19-25-67(65)85(75,16)17/h18-46,48-51,68H,47H2,1-17H3. The van der Waals surface area contributed by atoms with Crippen LogP contribution >= 0.6 is 11.3 Å². The molecule has 0 bridgehead atoms. The maximum atomic E-state index is 2.76. The summed E-state index contributed by atoms with van der Waals surface area (Å²) in [5.41, 5.74) is 27.8. The molecular weight excluding hydrogens is 1120 g/mol. The lowest BCUT2D eigenvalue weighted by atomic mass is 9.29. The molecule has 0 saturated carbocycles. The highest BCUT2D eigenvalue weighted by Crippen LogP contribution is 2.58. The quantitative estimate of drug-likeness (QED) is 0.148. The normalized spacial score (nSPS) is 16.0. The molecule has 11 aromatic rings. The Morgan fingerprint density at radius 3 is 1.51 bits per heavy atom. The van der Waals surface area contributed by atoms with E-state index in [1.54, 1.807) is 0 Å². The number of aromatic nitrogens is 1. The van der Waals surface area contributed by atoms with E-state index in [9.17, 15) is 0 Å². The molecule has 456 valence electrons. The topological polar surface area (TPSA) is 14.7 Å². The van der Waals surface area contributed by atoms with E-state index < -0.39 is 0 Å². The molecule has 0 N–H and O–H groups in total. The summed E-state index contributed by atoms with van der Waals surface area (Å²) in [4.78, 5) is 7.85. The predicted octanol–water partition coefficient (Wildman–Crippen LogP) is 22.7. The Kier molecular flexibility index (Phi) is 13.2. The van der Waals surface area contributed by atoms with Crippen LogP contribution in [0.25, 0.3) is 48.0 Å². The lowest BCUT2D eigenvalue weighted by Gasteiger charge is -2.47. The average molecular weight is 1210 g/mol. The molecule has 0 saturated heterocycles. The summed E-state index contributed by atoms with van der Waals surface area (Å²) in [6.45, 7) is 39.7. The molecule has 2 aliphatic carbocycles. The van der Waals surface area contributed by atoms with Crippen LogP contribution in [-0.4, -0.2) is 11.3 Å². The van der Waals surface area contributed by atoms with Gasteiger partial charge in [-0.05, 0) is 168 Å². The monoisotopic (exact) mass is 1210 g/mol. The van der Waals surface area contributed by atoms with E-state index in [0.717, 1.165) is 34.9 Å². The highest BCUT2D eigenvalue weighted by atomic mass is 32.1. The van der Waals surface area contributed by atoms with Gasteiger partial charge in [0.05, 0.1) is 21.8 Å². The zero-order chi connectivity index (χ0) is 63.8. The molecule has 4 nitrogen and oxygen atoms in total. The number of hydrogen-bond donors (Lipinski definition) is 0. The summed E-state index contributed by atoms with van der Waals surface area (Å²) in [6.07, 6.45) is 6.02. The Labute approximate surface area is 545 Å². The molecule has 0 spiro atoms. The van der Waals surface area contributed by atoms with E-state index in [4.69, 9.17) is 0 Å². The van der Waals surface area contributed by atoms with Crippen LogP contribution in [0.15, 0.2) is 212 Å². The van der Waals surface area contributed by atoms with Gasteiger partial charge in [0, 0.05) is 82.9 Å². The van der Waals surface area contributed by atoms with Crippen LogP contribution in [-0.2, 0) is 32.5 Å². The summed E-state index contributed by atoms with van der Waals surface area (Å²) in [7, 11) is 0. The fourth-order valence-corrected chi connectivity index (χ4v) is 16.9. The molecule has 91 heavy (non-hydrogen) atoms. The molecule has 6 heteroatoms. The first-order chi connectivity index (χ1) is 43.1. The number of para-hydroxylation sites is 1. The minimum absolute atomic E-state index is 0.00549. The number of benzene rings is 9. The highest BCUT2D eigenvalue weighted by Gasteiger charge is 2.51. The van der Waals surface area contributed by atoms with E-state index >= 15 is 0 Å². The van der Waals surface area contributed by atoms with Crippen LogP contribution in [0.4, 0.5) is 39.8 Å². The first-order valence-corrected chi connectivity index (χ1v) is 34.0. The predicted molar refractivity (Wildman–Crippen MR) is 395 cm³/mol. The molecule has 0 fully saturated rings. The third-order valence-corrected chi connectivity index (χ3v) is 21.9. The number of allylic oxidation sites excluding steroid dienone is 3. The lowest BCUT2D eigenvalue weighted by Crippen LogP contribution is -2.57. The van der Waals surface area contributed by atoms with Gasteiger partial charge in [0.15, 0.2) is 0 Å². The van der Waals surface area contributed by atoms with Gasteiger partial charge in [0.2, 0.25) is 6.71 Å². The van der Waals surface area contributed by atoms with Crippen molar-refractivity contribution >= 4 is 99.9 Å². The van der Waals surface area contributed by atoms with Gasteiger partial charge in [-0.3, -0.25) is 0 Å². The van der Waals surface area contributed by atoms with Crippen molar-refractivity contribution in [1.29, 1.82) is 0 Å². The Bertz CT molecular complexity index is 4700. The zero-order valence-electron chi connectivity index (χ0n) is 56.6. The Balaban J connectivity index is 1.06. The summed E-state index contributed by atoms with van der Waals surface area (Å²) in [5, 5.41) is 3.96. The van der Waals surface area contributed by atoms with Gasteiger partial charge in [-0.15, -0.1) is 11.3 Å². The van der Waals surface area contributed by atoms with Crippen LogP contribution in [0, 0.1) is 0 Å². The number of rotatable bonds is 7. The molecule has 1 unspecified atom stereocenters. The number of thiophene rings is 1. The van der Waals surface area contributed by atoms with Crippen LogP contribution in [0.2, 0.25) is 5.82 Å². The molecule has 2 aromatic heterocycles. The molecule has 9 aromatic carbocycles. The summed E-state index contributed by atoms with van der Waals surface area (Å²) in [5.74, 6) is 0.0849. The first kappa shape index (κ1) is 59.0. The van der Waals surface area contributed by atoms with Crippen molar-refractivity contribution in [2.24, 2.45) is 0 Å². The van der Waals surface area contributed by atoms with Gasteiger partial charge in [-0.25, -0.2) is 0 Å². The van der Waals surface area contributed by atoms with E-state index in [0.29, 0.717) is 0 Å². The summed E-state index contributed by atoms with van der Waals surface area (Å²) >= 11 is 1.95. The van der Waals surface area contributed by atoms with Crippen molar-refractivity contribution < 1.29 is 0 Å². The highest BCUT2D eigenvalue weighted by molar-refractivity contribution is 7.26. The van der Waals surface area contributed by atoms with Crippen LogP contribution in [0.3, 0.4) is 0 Å². The second kappa shape index (κ2) is 20.3. The van der Waals surface area contributed by atoms with Gasteiger partial charge >= 0.3 is 0 Å². The molecule has 0 radical (unpaired) electrons. The second-order valence-electron chi connectivity index (χ2n) is 32.3. The minimum Gasteiger partial charge on any atom is -0.313 e. The molecule has 0 amide bonds. The van der Waals surface area contributed by atoms with E-state index in [-0.39, 0.29) is 45.0 Å². The number of hydrogen-bond acceptors (Lipinski definition) is 4. The summed E-state index contributed by atoms with van der Waals surface area (Å²) in [6, 6.07) is 73.7. The van der Waals surface area contributed by atoms with E-state index in [2.05, 4.69) is 337 Å². The Hall–Kier alpha value is -8.32. The first-order valence-electron chi connectivity index (χ1n) is 33.2. The second-order valence-corrected chi connectivity index (χ2v) is 33.4. The fourth-order valence-electron chi connectivity index (χ4n) is 15.7. The van der Waals surface area contributed by atoms with Crippen LogP contribution in [0.5, 0.6) is 0 Å². The van der Waals surface area contributed by atoms with E-state index in [1.807, 2.05) is 11.3 Å². The van der Waals surface area contributed by atoms with Crippen molar-refractivity contribution in [3.8, 4) is 16.9 Å². The van der Waals surface area contributed by atoms with Gasteiger partial charge < -0.3 is 19.3 Å². The molecular formula is C85H87BN4S. The zero-order valence-corrected chi connectivity index (χ0v) is 57.4. The fraction of sp³-hybridized carbons (Fsp3) is 0.294. The van der Waals surface area contributed by atoms with E-state index in [1.165, 1.54) is 121 Å². The molecule has 4 heterocycles. The minimum atomic E-state index is -0.229. The number of fused-ring (bicyclic) bond motifs is 12. The van der Waals surface area contributed by atoms with Gasteiger partial charge in [0.25, 0.3) is 0 Å². The maximum Gasteiger partial charge on any atom is 0.226 e. The maximum absolute atomic E-state index is 2.76. The molecule has 4 aliphatic rings. The van der Waals surface area contributed by atoms with Crippen molar-refractivity contribution in [3.63, 3.8) is 0 Å². The number of anilines is 7. The lowest BCUT2D eigenvalue weighted by molar-refractivity contribution is 0.590. The third kappa shape index (κ3) is 9.42. The van der Waals surface area contributed by atoms with Crippen molar-refractivity contribution in [1.82, 2.24) is 4.57 Å². The van der Waals surface area contributed by atoms with Crippen molar-refractivity contribution in [3.05, 3.63) is 251 Å². The van der Waals surface area contributed by atoms with Crippen LogP contribution in [0.1, 0.15) is 163 Å². The average Bonchev–Trinajstić information content (AvgIpc) is 1.55.